The molecule has 0 saturated carbocycles. The number of H-pyrrole nitrogens is 2. The molecule has 8 bridgehead atoms. The number of aromatic nitrogens is 8. The third-order valence-corrected chi connectivity index (χ3v) is 47.9. The number of hydrogen-bond acceptors (Lipinski definition) is 7. The van der Waals surface area contributed by atoms with Gasteiger partial charge in [-0.3, -0.25) is 0 Å². The van der Waals surface area contributed by atoms with E-state index in [4.69, 9.17) is 33.5 Å². The Morgan fingerprint density at radius 1 is 0.376 bits per heavy atom. The van der Waals surface area contributed by atoms with Gasteiger partial charge in [-0.2, -0.15) is 0 Å². The number of aromatic amines is 2. The molecular weight excluding hydrogens is 1210 g/mol. The fraction of sp³-hybridized carbons (Fsp3) is 0.479. The van der Waals surface area contributed by atoms with Crippen LogP contribution in [0.4, 0.5) is 5.69 Å². The van der Waals surface area contributed by atoms with E-state index in [1.165, 1.54) is 177 Å². The number of nitrogens with zero attached hydrogens (tertiary/aromatic N) is 7. The standard InChI is InChI=1S/C32H17N8.2C16H33.C9H13NO.HI.Zn/c1-2-10-18-17(9-1)25-33-26(18)38-28-21-13-5-6-14-22(21)30(35-28)40-32-24-16-8-7-15-23(24)31(36-32)39-29-20-12-4-3-11-19(20)27(34-29)37-25;2*1-3-5-7-9-11-13-15-16-14-12-10-8-6-4-2;1-10(2,3)8-5-4-6-9(11)7-8;;/h1-15H,(H2,33,34,35,36,37,38,39,40);2*1,3-16H2,2H3;4-7H,1-3H3;1H;/q;;;;;+2/p-1. The Morgan fingerprint density at radius 2 is 0.718 bits per heavy atom. The molecule has 0 spiro atoms. The van der Waals surface area contributed by atoms with Crippen molar-refractivity contribution in [2.45, 2.75) is 204 Å². The third kappa shape index (κ3) is 15.7. The van der Waals surface area contributed by atoms with Crippen LogP contribution in [0.2, 0.25) is 10.0 Å². The van der Waals surface area contributed by atoms with E-state index in [1.807, 2.05) is 12.1 Å². The van der Waals surface area contributed by atoms with Crippen LogP contribution in [0.3, 0.4) is 0 Å². The molecule has 10 nitrogen and oxygen atoms in total. The van der Waals surface area contributed by atoms with Crippen molar-refractivity contribution in [1.29, 1.82) is 0 Å². The topological polar surface area (TPSA) is 118 Å². The number of fused-ring (bicyclic) bond motifs is 20. The number of halogens is 1. The number of benzene rings is 5. The van der Waals surface area contributed by atoms with Crippen LogP contribution in [0.5, 0.6) is 5.75 Å². The molecular formula is C73H96IN9OZn+. The van der Waals surface area contributed by atoms with Crippen LogP contribution in [0, 0.1) is 0 Å². The Balaban J connectivity index is 1.07. The van der Waals surface area contributed by atoms with Gasteiger partial charge in [0.05, 0.1) is 0 Å². The number of nitrogens with one attached hydrogen (secondary N) is 2. The third-order valence-electron chi connectivity index (χ3n) is 19.2. The zero-order valence-electron chi connectivity index (χ0n) is 52.3. The van der Waals surface area contributed by atoms with Crippen molar-refractivity contribution in [3.05, 3.63) is 115 Å². The fourth-order valence-electron chi connectivity index (χ4n) is 14.3. The van der Waals surface area contributed by atoms with E-state index in [0.29, 0.717) is 44.7 Å². The van der Waals surface area contributed by atoms with Crippen LogP contribution in [0.1, 0.15) is 194 Å². The van der Waals surface area contributed by atoms with Crippen LogP contribution in [-0.4, -0.2) is 61.0 Å². The summed E-state index contributed by atoms with van der Waals surface area (Å²) in [6.45, 7) is 4.61. The van der Waals surface area contributed by atoms with Gasteiger partial charge in [-0.1, -0.05) is 58.4 Å². The van der Waals surface area contributed by atoms with Gasteiger partial charge in [-0.25, -0.2) is 0 Å². The second kappa shape index (κ2) is 30.0. The van der Waals surface area contributed by atoms with Crippen molar-refractivity contribution in [1.82, 2.24) is 44.4 Å². The summed E-state index contributed by atoms with van der Waals surface area (Å²) in [6, 6.07) is 40.9. The van der Waals surface area contributed by atoms with E-state index in [2.05, 4.69) is 168 Å². The molecule has 0 saturated heterocycles. The van der Waals surface area contributed by atoms with Crippen molar-refractivity contribution < 1.29 is 14.0 Å². The Kier molecular flexibility index (Phi) is 22.1. The van der Waals surface area contributed by atoms with Gasteiger partial charge in [0, 0.05) is 0 Å². The van der Waals surface area contributed by atoms with Gasteiger partial charge < -0.3 is 0 Å². The minimum absolute atomic E-state index is 0.605. The maximum absolute atomic E-state index is 8.26. The Labute approximate surface area is 519 Å². The second-order valence-corrected chi connectivity index (χ2v) is 58.8. The number of quaternary nitrogens is 1. The Hall–Kier alpha value is -5.43. The molecule has 5 aromatic carbocycles. The molecule has 0 fully saturated rings. The van der Waals surface area contributed by atoms with E-state index in [9.17, 15) is 0 Å². The number of hydrogen-bond donors (Lipinski definition) is 2. The SMILES string of the molecule is CCCCCCCCCCCCCCC[CH2][Zn]([I])([CH2]CCCCCCCCCCCCCCC)([O]c1cccc([N+](C)(C)C)c1)[c]1cccc2c3nc4nc(nc5[nH]c(nc6nc(nc([nH]3)c12)-c1ccccc1-6)c1ccccc51)-c1ccccc1-4. The first-order valence-electron chi connectivity index (χ1n) is 33.8. The van der Waals surface area contributed by atoms with Gasteiger partial charge in [0.15, 0.2) is 0 Å². The normalized spacial score (nSPS) is 12.6. The summed E-state index contributed by atoms with van der Waals surface area (Å²) in [5, 5.41) is 6.10. The van der Waals surface area contributed by atoms with E-state index < -0.39 is 10.4 Å². The van der Waals surface area contributed by atoms with Crippen LogP contribution >= 0.6 is 19.8 Å². The van der Waals surface area contributed by atoms with Crippen molar-refractivity contribution >= 4 is 73.7 Å². The van der Waals surface area contributed by atoms with Crippen LogP contribution in [0.25, 0.3) is 89.7 Å². The van der Waals surface area contributed by atoms with E-state index >= 15 is 0 Å². The van der Waals surface area contributed by atoms with Crippen molar-refractivity contribution in [2.75, 3.05) is 21.1 Å². The molecule has 0 aliphatic carbocycles. The predicted molar refractivity (Wildman–Crippen MR) is 367 cm³/mol. The molecule has 12 heteroatoms. The molecule has 2 aliphatic heterocycles. The summed E-state index contributed by atoms with van der Waals surface area (Å²) >= 11 is 3.04. The van der Waals surface area contributed by atoms with E-state index in [-0.39, 0.29) is 0 Å². The van der Waals surface area contributed by atoms with Crippen LogP contribution < -0.4 is 12.2 Å². The van der Waals surface area contributed by atoms with Crippen molar-refractivity contribution in [2.24, 2.45) is 0 Å². The molecule has 5 heterocycles. The molecule has 85 heavy (non-hydrogen) atoms. The van der Waals surface area contributed by atoms with Crippen LogP contribution in [0.15, 0.2) is 115 Å². The molecule has 0 radical (unpaired) electrons. The quantitative estimate of drug-likeness (QED) is 0.0178. The minimum atomic E-state index is -5.00. The maximum atomic E-state index is 8.26. The van der Waals surface area contributed by atoms with Crippen LogP contribution in [-0.2, 0) is 10.4 Å². The summed E-state index contributed by atoms with van der Waals surface area (Å²) in [7, 11) is 1.76. The summed E-state index contributed by atoms with van der Waals surface area (Å²) in [6.07, 6.45) is 37.2. The van der Waals surface area contributed by atoms with Gasteiger partial charge in [-0.05, 0) is 0 Å². The number of unbranched alkanes of at least 4 members (excludes halogenated alkanes) is 26. The second-order valence-electron chi connectivity index (χ2n) is 26.7. The Bertz CT molecular complexity index is 3620. The van der Waals surface area contributed by atoms with Crippen molar-refractivity contribution in [3.63, 3.8) is 0 Å². The first kappa shape index (κ1) is 62.6. The summed E-state index contributed by atoms with van der Waals surface area (Å²) in [5.74, 6) is 3.42. The molecule has 0 amide bonds. The molecule has 2 aliphatic rings. The van der Waals surface area contributed by atoms with Gasteiger partial charge in [-0.15, -0.1) is 0 Å². The van der Waals surface area contributed by atoms with E-state index in [0.717, 1.165) is 78.1 Å². The zero-order chi connectivity index (χ0) is 58.9. The van der Waals surface area contributed by atoms with Gasteiger partial charge in [0.25, 0.3) is 0 Å². The summed E-state index contributed by atoms with van der Waals surface area (Å²) < 4.78 is 10.3. The average Bonchev–Trinajstić information content (AvgIpc) is 2.64. The Morgan fingerprint density at radius 3 is 1.13 bits per heavy atom. The first-order valence-corrected chi connectivity index (χ1v) is 49.8. The molecule has 0 atom stereocenters. The predicted octanol–water partition coefficient (Wildman–Crippen LogP) is 21.5. The number of rotatable bonds is 34. The van der Waals surface area contributed by atoms with Crippen molar-refractivity contribution in [3.8, 4) is 51.3 Å². The molecule has 3 aromatic heterocycles. The molecule has 0 unspecified atom stereocenters. The molecule has 2 N–H and O–H groups in total. The molecule has 8 aromatic rings. The monoisotopic (exact) mass is 1310 g/mol. The first-order chi connectivity index (χ1) is 41.5. The summed E-state index contributed by atoms with van der Waals surface area (Å²) in [4.78, 5) is 39.9. The van der Waals surface area contributed by atoms with E-state index in [1.54, 1.807) is 0 Å². The van der Waals surface area contributed by atoms with Gasteiger partial charge >= 0.3 is 465 Å². The van der Waals surface area contributed by atoms with Gasteiger partial charge in [0.2, 0.25) is 0 Å². The molecule has 447 valence electrons. The average molecular weight is 1310 g/mol. The zero-order valence-corrected chi connectivity index (χ0v) is 57.4. The van der Waals surface area contributed by atoms with Gasteiger partial charge in [0.1, 0.15) is 0 Å². The summed E-state index contributed by atoms with van der Waals surface area (Å²) in [5.41, 5.74) is 7.81. The molecule has 10 rings (SSSR count). The fourth-order valence-corrected chi connectivity index (χ4v) is 39.8.